The van der Waals surface area contributed by atoms with Gasteiger partial charge in [-0.1, -0.05) is 23.2 Å². The van der Waals surface area contributed by atoms with E-state index in [0.717, 1.165) is 5.69 Å². The summed E-state index contributed by atoms with van der Waals surface area (Å²) in [5.74, 6) is -0.214. The Balaban J connectivity index is 1.75. The highest BCUT2D eigenvalue weighted by atomic mass is 35.5. The Kier molecular flexibility index (Phi) is 3.99. The van der Waals surface area contributed by atoms with Gasteiger partial charge in [-0.3, -0.25) is 0 Å². The van der Waals surface area contributed by atoms with Gasteiger partial charge >= 0.3 is 5.97 Å². The fourth-order valence-electron chi connectivity index (χ4n) is 1.65. The maximum Gasteiger partial charge on any atom is 0.345 e. The van der Waals surface area contributed by atoms with Gasteiger partial charge in [0.1, 0.15) is 17.2 Å². The average molecular weight is 336 g/mol. The van der Waals surface area contributed by atoms with E-state index in [0.29, 0.717) is 5.75 Å². The lowest BCUT2D eigenvalue weighted by Gasteiger charge is -2.06. The van der Waals surface area contributed by atoms with Crippen LogP contribution in [0.1, 0.15) is 10.4 Å². The molecule has 0 unspecified atom stereocenters. The number of hydrogen-bond donors (Lipinski definition) is 0. The molecule has 0 spiro atoms. The number of nitrogens with zero attached hydrogens (tertiary/aromatic N) is 5. The molecular weight excluding hydrogens is 329 g/mol. The van der Waals surface area contributed by atoms with Crippen molar-refractivity contribution >= 4 is 29.2 Å². The molecule has 22 heavy (non-hydrogen) atoms. The third-order valence-corrected chi connectivity index (χ3v) is 3.38. The van der Waals surface area contributed by atoms with Crippen LogP contribution >= 0.6 is 23.2 Å². The van der Waals surface area contributed by atoms with Crippen molar-refractivity contribution in [1.82, 2.24) is 25.2 Å². The molecule has 9 heteroatoms. The first-order valence-corrected chi connectivity index (χ1v) is 6.76. The van der Waals surface area contributed by atoms with Crippen LogP contribution in [0.4, 0.5) is 0 Å². The van der Waals surface area contributed by atoms with Gasteiger partial charge in [0.15, 0.2) is 0 Å². The number of halogens is 2. The van der Waals surface area contributed by atoms with Crippen LogP contribution in [-0.4, -0.2) is 31.2 Å². The number of tetrazole rings is 1. The van der Waals surface area contributed by atoms with Crippen LogP contribution in [0.2, 0.25) is 10.2 Å². The van der Waals surface area contributed by atoms with Crippen molar-refractivity contribution in [1.29, 1.82) is 0 Å². The van der Waals surface area contributed by atoms with E-state index in [4.69, 9.17) is 27.9 Å². The van der Waals surface area contributed by atoms with E-state index in [-0.39, 0.29) is 15.7 Å². The van der Waals surface area contributed by atoms with E-state index in [9.17, 15) is 4.79 Å². The van der Waals surface area contributed by atoms with Gasteiger partial charge in [0, 0.05) is 6.20 Å². The topological polar surface area (TPSA) is 82.8 Å². The molecule has 2 aromatic heterocycles. The van der Waals surface area contributed by atoms with Gasteiger partial charge in [0.05, 0.1) is 16.3 Å². The molecule has 2 heterocycles. The first kappa shape index (κ1) is 14.4. The quantitative estimate of drug-likeness (QED) is 0.415. The Hall–Kier alpha value is -2.51. The summed E-state index contributed by atoms with van der Waals surface area (Å²) in [6, 6.07) is 8.08. The Morgan fingerprint density at radius 3 is 2.59 bits per heavy atom. The van der Waals surface area contributed by atoms with Gasteiger partial charge in [-0.05, 0) is 40.8 Å². The smallest absolute Gasteiger partial charge is 0.345 e. The molecule has 0 aliphatic rings. The van der Waals surface area contributed by atoms with Crippen LogP contribution in [-0.2, 0) is 0 Å². The number of ether oxygens (including phenoxy) is 1. The molecule has 0 amide bonds. The second kappa shape index (κ2) is 6.08. The normalized spacial score (nSPS) is 10.5. The number of carbonyl (C=O) groups is 1. The second-order valence-electron chi connectivity index (χ2n) is 4.13. The summed E-state index contributed by atoms with van der Waals surface area (Å²) < 4.78 is 6.71. The molecule has 110 valence electrons. The van der Waals surface area contributed by atoms with E-state index in [1.807, 2.05) is 0 Å². The largest absolute Gasteiger partial charge is 0.423 e. The van der Waals surface area contributed by atoms with E-state index in [2.05, 4.69) is 20.5 Å². The lowest BCUT2D eigenvalue weighted by atomic mass is 10.3. The third-order valence-electron chi connectivity index (χ3n) is 2.69. The Morgan fingerprint density at radius 2 is 1.95 bits per heavy atom. The fraction of sp³-hybridized carbons (Fsp3) is 0. The van der Waals surface area contributed by atoms with Crippen molar-refractivity contribution in [2.24, 2.45) is 0 Å². The molecule has 0 saturated heterocycles. The second-order valence-corrected chi connectivity index (χ2v) is 4.90. The number of esters is 1. The van der Waals surface area contributed by atoms with Gasteiger partial charge < -0.3 is 4.74 Å². The molecule has 3 aromatic rings. The number of aromatic nitrogens is 5. The van der Waals surface area contributed by atoms with Crippen LogP contribution < -0.4 is 4.74 Å². The summed E-state index contributed by atoms with van der Waals surface area (Å²) in [6.45, 7) is 0. The SMILES string of the molecule is O=C(Oc1ccc(-n2cnnn2)cc1)c1cnc(Cl)c(Cl)c1. The molecule has 0 aliphatic heterocycles. The maximum absolute atomic E-state index is 12.0. The highest BCUT2D eigenvalue weighted by molar-refractivity contribution is 6.41. The van der Waals surface area contributed by atoms with Crippen molar-refractivity contribution in [2.45, 2.75) is 0 Å². The number of hydrogen-bond acceptors (Lipinski definition) is 6. The molecule has 0 saturated carbocycles. The van der Waals surface area contributed by atoms with Crippen LogP contribution in [0.25, 0.3) is 5.69 Å². The Labute approximate surface area is 134 Å². The molecule has 3 rings (SSSR count). The molecule has 0 fully saturated rings. The first-order valence-electron chi connectivity index (χ1n) is 6.00. The molecule has 0 atom stereocenters. The number of carbonyl (C=O) groups excluding carboxylic acids is 1. The van der Waals surface area contributed by atoms with Crippen molar-refractivity contribution in [3.63, 3.8) is 0 Å². The van der Waals surface area contributed by atoms with E-state index < -0.39 is 5.97 Å². The third kappa shape index (κ3) is 3.05. The predicted molar refractivity (Wildman–Crippen MR) is 78.4 cm³/mol. The van der Waals surface area contributed by atoms with Crippen molar-refractivity contribution in [3.05, 3.63) is 58.6 Å². The highest BCUT2D eigenvalue weighted by Crippen LogP contribution is 2.21. The zero-order valence-corrected chi connectivity index (χ0v) is 12.4. The van der Waals surface area contributed by atoms with Crippen molar-refractivity contribution in [3.8, 4) is 11.4 Å². The Bertz CT molecular complexity index is 806. The lowest BCUT2D eigenvalue weighted by Crippen LogP contribution is -2.09. The number of pyridine rings is 1. The number of benzene rings is 1. The lowest BCUT2D eigenvalue weighted by molar-refractivity contribution is 0.0734. The minimum atomic E-state index is -0.582. The van der Waals surface area contributed by atoms with Crippen LogP contribution in [0.5, 0.6) is 5.75 Å². The predicted octanol–water partition coefficient (Wildman–Crippen LogP) is 2.58. The molecule has 1 aromatic carbocycles. The summed E-state index contributed by atoms with van der Waals surface area (Å²) in [5.41, 5.74) is 0.944. The number of rotatable bonds is 3. The first-order chi connectivity index (χ1) is 10.6. The molecule has 0 aliphatic carbocycles. The van der Waals surface area contributed by atoms with Gasteiger partial charge in [0.25, 0.3) is 0 Å². The van der Waals surface area contributed by atoms with Gasteiger partial charge in [0.2, 0.25) is 0 Å². The average Bonchev–Trinajstić information content (AvgIpc) is 3.05. The summed E-state index contributed by atoms with van der Waals surface area (Å²) in [4.78, 5) is 15.8. The van der Waals surface area contributed by atoms with E-state index in [1.54, 1.807) is 24.3 Å². The van der Waals surface area contributed by atoms with Crippen LogP contribution in [0.3, 0.4) is 0 Å². The molecular formula is C13H7Cl2N5O2. The summed E-state index contributed by atoms with van der Waals surface area (Å²) in [7, 11) is 0. The minimum absolute atomic E-state index is 0.129. The van der Waals surface area contributed by atoms with Crippen molar-refractivity contribution in [2.75, 3.05) is 0 Å². The minimum Gasteiger partial charge on any atom is -0.423 e. The van der Waals surface area contributed by atoms with Crippen LogP contribution in [0.15, 0.2) is 42.9 Å². The highest BCUT2D eigenvalue weighted by Gasteiger charge is 2.11. The Morgan fingerprint density at radius 1 is 1.18 bits per heavy atom. The van der Waals surface area contributed by atoms with Gasteiger partial charge in [-0.15, -0.1) is 5.10 Å². The summed E-state index contributed by atoms with van der Waals surface area (Å²) in [6.07, 6.45) is 2.76. The van der Waals surface area contributed by atoms with E-state index in [1.165, 1.54) is 23.3 Å². The fourth-order valence-corrected chi connectivity index (χ4v) is 1.92. The van der Waals surface area contributed by atoms with E-state index >= 15 is 0 Å². The standard InChI is InChI=1S/C13H7Cl2N5O2/c14-11-5-8(6-16-12(11)15)13(21)22-10-3-1-9(2-4-10)20-7-17-18-19-20/h1-7H. The van der Waals surface area contributed by atoms with Gasteiger partial charge in [-0.25, -0.2) is 14.5 Å². The molecule has 0 radical (unpaired) electrons. The van der Waals surface area contributed by atoms with Crippen molar-refractivity contribution < 1.29 is 9.53 Å². The monoisotopic (exact) mass is 335 g/mol. The molecule has 0 bridgehead atoms. The summed E-state index contributed by atoms with van der Waals surface area (Å²) >= 11 is 11.5. The zero-order chi connectivity index (χ0) is 15.5. The zero-order valence-electron chi connectivity index (χ0n) is 10.8. The summed E-state index contributed by atoms with van der Waals surface area (Å²) in [5, 5.41) is 11.2. The molecule has 0 N–H and O–H groups in total. The van der Waals surface area contributed by atoms with Gasteiger partial charge in [-0.2, -0.15) is 0 Å². The maximum atomic E-state index is 12.0. The van der Waals surface area contributed by atoms with Crippen LogP contribution in [0, 0.1) is 0 Å². The molecule has 7 nitrogen and oxygen atoms in total.